The van der Waals surface area contributed by atoms with Crippen molar-refractivity contribution in [1.29, 1.82) is 0 Å². The molecule has 5 heteroatoms. The number of nitrogens with one attached hydrogen (secondary N) is 1. The van der Waals surface area contributed by atoms with Gasteiger partial charge in [0.05, 0.1) is 0 Å². The maximum Gasteiger partial charge on any atom is 0.222 e. The summed E-state index contributed by atoms with van der Waals surface area (Å²) in [7, 11) is 3.78. The lowest BCUT2D eigenvalue weighted by Gasteiger charge is -2.16. The van der Waals surface area contributed by atoms with Gasteiger partial charge in [-0.05, 0) is 42.3 Å². The zero-order valence-corrected chi connectivity index (χ0v) is 14.2. The largest absolute Gasteiger partial charge is 0.344 e. The Bertz CT molecular complexity index is 570. The smallest absolute Gasteiger partial charge is 0.222 e. The summed E-state index contributed by atoms with van der Waals surface area (Å²) < 4.78 is 1.33. The fourth-order valence-electron chi connectivity index (χ4n) is 2.25. The molecule has 0 atom stereocenters. The van der Waals surface area contributed by atoms with Crippen molar-refractivity contribution in [3.8, 4) is 0 Å². The average Bonchev–Trinajstić information content (AvgIpc) is 2.88. The Morgan fingerprint density at radius 3 is 2.86 bits per heavy atom. The van der Waals surface area contributed by atoms with Gasteiger partial charge >= 0.3 is 0 Å². The Hall–Kier alpha value is -1.10. The van der Waals surface area contributed by atoms with Crippen molar-refractivity contribution < 1.29 is 4.79 Å². The molecule has 0 saturated heterocycles. The molecule has 0 spiro atoms. The number of rotatable bonds is 7. The number of thiophene rings is 1. The highest BCUT2D eigenvalue weighted by atomic mass is 35.5. The standard InChI is InChI=1S/C16H22N2OS.ClH/c1-17-10-11-18(2)16(19)9-5-6-13-12-20-15-8-4-3-7-14(13)15;/h3-4,7-8,12,17H,5-6,9-11H2,1-2H3;1H. The molecule has 1 amide bonds. The zero-order valence-electron chi connectivity index (χ0n) is 12.6. The zero-order chi connectivity index (χ0) is 14.4. The summed E-state index contributed by atoms with van der Waals surface area (Å²) in [6.45, 7) is 1.62. The Morgan fingerprint density at radius 1 is 1.33 bits per heavy atom. The minimum absolute atomic E-state index is 0. The molecule has 1 aromatic carbocycles. The van der Waals surface area contributed by atoms with Crippen molar-refractivity contribution in [1.82, 2.24) is 10.2 Å². The number of fused-ring (bicyclic) bond motifs is 1. The van der Waals surface area contributed by atoms with E-state index in [1.807, 2.05) is 19.0 Å². The minimum Gasteiger partial charge on any atom is -0.344 e. The molecule has 3 nitrogen and oxygen atoms in total. The van der Waals surface area contributed by atoms with Crippen LogP contribution in [0, 0.1) is 0 Å². The average molecular weight is 327 g/mol. The molecule has 116 valence electrons. The quantitative estimate of drug-likeness (QED) is 0.846. The van der Waals surface area contributed by atoms with Crippen molar-refractivity contribution in [2.24, 2.45) is 0 Å². The summed E-state index contributed by atoms with van der Waals surface area (Å²) in [6, 6.07) is 8.47. The lowest BCUT2D eigenvalue weighted by Crippen LogP contribution is -2.32. The monoisotopic (exact) mass is 326 g/mol. The number of hydrogen-bond acceptors (Lipinski definition) is 3. The number of halogens is 1. The maximum absolute atomic E-state index is 11.9. The number of benzene rings is 1. The summed E-state index contributed by atoms with van der Waals surface area (Å²) in [5.41, 5.74) is 1.37. The van der Waals surface area contributed by atoms with Crippen LogP contribution in [0.1, 0.15) is 18.4 Å². The summed E-state index contributed by atoms with van der Waals surface area (Å²) in [5.74, 6) is 0.236. The number of carbonyl (C=O) groups excluding carboxylic acids is 1. The molecule has 0 fully saturated rings. The SMILES string of the molecule is CNCCN(C)C(=O)CCCc1csc2ccccc12.Cl. The number of amides is 1. The highest BCUT2D eigenvalue weighted by Crippen LogP contribution is 2.26. The predicted molar refractivity (Wildman–Crippen MR) is 93.6 cm³/mol. The summed E-state index contributed by atoms with van der Waals surface area (Å²) in [6.07, 6.45) is 2.53. The first-order valence-corrected chi connectivity index (χ1v) is 7.94. The molecule has 0 aliphatic rings. The number of hydrogen-bond donors (Lipinski definition) is 1. The lowest BCUT2D eigenvalue weighted by atomic mass is 10.1. The van der Waals surface area contributed by atoms with Crippen LogP contribution in [0.2, 0.25) is 0 Å². The van der Waals surface area contributed by atoms with Crippen LogP contribution in [-0.2, 0) is 11.2 Å². The van der Waals surface area contributed by atoms with E-state index in [9.17, 15) is 4.79 Å². The van der Waals surface area contributed by atoms with Gasteiger partial charge in [-0.2, -0.15) is 0 Å². The van der Waals surface area contributed by atoms with Gasteiger partial charge in [0, 0.05) is 31.3 Å². The molecule has 0 unspecified atom stereocenters. The van der Waals surface area contributed by atoms with Crippen LogP contribution in [0.15, 0.2) is 29.6 Å². The molecule has 1 heterocycles. The molecule has 2 rings (SSSR count). The van der Waals surface area contributed by atoms with Crippen LogP contribution in [0.3, 0.4) is 0 Å². The molecule has 0 saturated carbocycles. The van der Waals surface area contributed by atoms with E-state index < -0.39 is 0 Å². The Morgan fingerprint density at radius 2 is 2.10 bits per heavy atom. The predicted octanol–water partition coefficient (Wildman–Crippen LogP) is 3.32. The molecule has 1 N–H and O–H groups in total. The van der Waals surface area contributed by atoms with Crippen molar-refractivity contribution >= 4 is 39.7 Å². The van der Waals surface area contributed by atoms with E-state index in [2.05, 4.69) is 35.0 Å². The first-order valence-electron chi connectivity index (χ1n) is 7.06. The molecule has 0 bridgehead atoms. The molecule has 1 aromatic heterocycles. The first-order chi connectivity index (χ1) is 9.72. The second-order valence-electron chi connectivity index (χ2n) is 5.03. The third-order valence-electron chi connectivity index (χ3n) is 3.52. The van der Waals surface area contributed by atoms with Gasteiger partial charge in [-0.1, -0.05) is 18.2 Å². The van der Waals surface area contributed by atoms with E-state index in [1.54, 1.807) is 11.3 Å². The lowest BCUT2D eigenvalue weighted by molar-refractivity contribution is -0.129. The fraction of sp³-hybridized carbons (Fsp3) is 0.438. The van der Waals surface area contributed by atoms with Crippen molar-refractivity contribution in [3.05, 3.63) is 35.2 Å². The molecular weight excluding hydrogens is 304 g/mol. The highest BCUT2D eigenvalue weighted by Gasteiger charge is 2.09. The first kappa shape index (κ1) is 18.0. The number of nitrogens with zero attached hydrogens (tertiary/aromatic N) is 1. The highest BCUT2D eigenvalue weighted by molar-refractivity contribution is 7.17. The van der Waals surface area contributed by atoms with Crippen LogP contribution >= 0.6 is 23.7 Å². The third-order valence-corrected chi connectivity index (χ3v) is 4.53. The Labute approximate surface area is 136 Å². The maximum atomic E-state index is 11.9. The molecule has 21 heavy (non-hydrogen) atoms. The van der Waals surface area contributed by atoms with Gasteiger partial charge < -0.3 is 10.2 Å². The van der Waals surface area contributed by atoms with E-state index in [0.717, 1.165) is 25.9 Å². The van der Waals surface area contributed by atoms with E-state index in [-0.39, 0.29) is 18.3 Å². The van der Waals surface area contributed by atoms with Gasteiger partial charge in [0.25, 0.3) is 0 Å². The summed E-state index contributed by atoms with van der Waals surface area (Å²) >= 11 is 1.79. The van der Waals surface area contributed by atoms with Crippen LogP contribution in [0.5, 0.6) is 0 Å². The van der Waals surface area contributed by atoms with Crippen LogP contribution < -0.4 is 5.32 Å². The molecule has 2 aromatic rings. The topological polar surface area (TPSA) is 32.3 Å². The van der Waals surface area contributed by atoms with Crippen LogP contribution in [0.4, 0.5) is 0 Å². The van der Waals surface area contributed by atoms with Crippen LogP contribution in [-0.4, -0.2) is 38.0 Å². The second-order valence-corrected chi connectivity index (χ2v) is 5.94. The third kappa shape index (κ3) is 4.99. The van der Waals surface area contributed by atoms with Gasteiger partial charge in [0.1, 0.15) is 0 Å². The van der Waals surface area contributed by atoms with Crippen molar-refractivity contribution in [2.45, 2.75) is 19.3 Å². The van der Waals surface area contributed by atoms with E-state index in [0.29, 0.717) is 6.42 Å². The Balaban J connectivity index is 0.00000220. The van der Waals surface area contributed by atoms with Gasteiger partial charge in [-0.15, -0.1) is 23.7 Å². The molecular formula is C16H23ClN2OS. The molecule has 0 aliphatic heterocycles. The van der Waals surface area contributed by atoms with Gasteiger partial charge in [0.15, 0.2) is 0 Å². The van der Waals surface area contributed by atoms with E-state index in [4.69, 9.17) is 0 Å². The molecule has 0 radical (unpaired) electrons. The van der Waals surface area contributed by atoms with Gasteiger partial charge in [-0.3, -0.25) is 4.79 Å². The second kappa shape index (κ2) is 9.03. The van der Waals surface area contributed by atoms with Crippen molar-refractivity contribution in [2.75, 3.05) is 27.2 Å². The van der Waals surface area contributed by atoms with Crippen LogP contribution in [0.25, 0.3) is 10.1 Å². The van der Waals surface area contributed by atoms with E-state index >= 15 is 0 Å². The normalized spacial score (nSPS) is 10.4. The Kier molecular flexibility index (Phi) is 7.72. The number of aryl methyl sites for hydroxylation is 1. The van der Waals surface area contributed by atoms with Crippen molar-refractivity contribution in [3.63, 3.8) is 0 Å². The number of likely N-dealkylation sites (N-methyl/N-ethyl adjacent to an activating group) is 2. The molecule has 0 aliphatic carbocycles. The number of carbonyl (C=O) groups is 1. The minimum atomic E-state index is 0. The fourth-order valence-corrected chi connectivity index (χ4v) is 3.25. The van der Waals surface area contributed by atoms with Gasteiger partial charge in [0.2, 0.25) is 5.91 Å². The summed E-state index contributed by atoms with van der Waals surface area (Å²) in [4.78, 5) is 13.7. The summed E-state index contributed by atoms with van der Waals surface area (Å²) in [5, 5.41) is 6.62. The van der Waals surface area contributed by atoms with Gasteiger partial charge in [-0.25, -0.2) is 0 Å². The van der Waals surface area contributed by atoms with E-state index in [1.165, 1.54) is 15.6 Å².